The van der Waals surface area contributed by atoms with Gasteiger partial charge in [0, 0.05) is 22.3 Å². The highest BCUT2D eigenvalue weighted by molar-refractivity contribution is 6.09. The molecule has 5 heterocycles. The number of hydrogen-bond acceptors (Lipinski definition) is 4. The number of aromatic amines is 2. The van der Waals surface area contributed by atoms with Gasteiger partial charge in [0.15, 0.2) is 0 Å². The highest BCUT2D eigenvalue weighted by atomic mass is 16.5. The normalized spacial score (nSPS) is 12.7. The summed E-state index contributed by atoms with van der Waals surface area (Å²) in [6.07, 6.45) is 3.28. The standard InChI is InChI=1S/C58H58N4O2/c1-11-43-33(5)51-47(37-21-17-15-18-22-37)52-35(7)45(13-3)57(61-52)50(40-27-31-42(64-10)32-28-40)58-46(14-4)36(8)54(62-58)48(38-23-19-16-20-24-38)53-34(6)44(12-2)56(60-53)49(55(43)59-51)39-25-29-41(63-9)30-26-39/h15-32,59,62H,11-14H2,1-10H3. The van der Waals surface area contributed by atoms with Crippen molar-refractivity contribution >= 4 is 44.4 Å². The maximum absolute atomic E-state index is 5.88. The van der Waals surface area contributed by atoms with E-state index in [4.69, 9.17) is 19.4 Å². The third-order valence-corrected chi connectivity index (χ3v) is 13.6. The molecule has 0 spiro atoms. The van der Waals surface area contributed by atoms with Crippen molar-refractivity contribution in [1.29, 1.82) is 0 Å². The van der Waals surface area contributed by atoms with Crippen molar-refractivity contribution in [2.75, 3.05) is 14.2 Å². The Morgan fingerprint density at radius 1 is 0.391 bits per heavy atom. The summed E-state index contributed by atoms with van der Waals surface area (Å²) < 4.78 is 11.4. The third-order valence-electron chi connectivity index (χ3n) is 13.6. The van der Waals surface area contributed by atoms with Crippen LogP contribution in [0.5, 0.6) is 11.5 Å². The van der Waals surface area contributed by atoms with Crippen LogP contribution in [-0.4, -0.2) is 34.2 Å². The zero-order valence-corrected chi connectivity index (χ0v) is 38.9. The number of benzene rings is 4. The molecular weight excluding hydrogens is 785 g/mol. The van der Waals surface area contributed by atoms with Crippen LogP contribution in [0.1, 0.15) is 99.4 Å². The van der Waals surface area contributed by atoms with E-state index in [1.165, 1.54) is 44.5 Å². The van der Waals surface area contributed by atoms with Gasteiger partial charge in [-0.2, -0.15) is 0 Å². The fourth-order valence-electron chi connectivity index (χ4n) is 10.3. The molecule has 2 aliphatic heterocycles. The van der Waals surface area contributed by atoms with Crippen molar-refractivity contribution in [2.45, 2.75) is 81.1 Å². The van der Waals surface area contributed by atoms with Crippen LogP contribution in [0.4, 0.5) is 0 Å². The maximum Gasteiger partial charge on any atom is 0.118 e. The molecule has 0 fully saturated rings. The number of aromatic nitrogens is 4. The molecule has 3 aromatic heterocycles. The summed E-state index contributed by atoms with van der Waals surface area (Å²) in [5.74, 6) is 1.63. The number of hydrogen-bond donors (Lipinski definition) is 2. The molecule has 64 heavy (non-hydrogen) atoms. The minimum atomic E-state index is 0.814. The Kier molecular flexibility index (Phi) is 11.5. The molecule has 0 unspecified atom stereocenters. The number of rotatable bonds is 10. The Morgan fingerprint density at radius 2 is 0.719 bits per heavy atom. The van der Waals surface area contributed by atoms with Crippen molar-refractivity contribution in [3.8, 4) is 56.0 Å². The number of aryl methyl sites for hydroxylation is 4. The van der Waals surface area contributed by atoms with Crippen molar-refractivity contribution in [3.63, 3.8) is 0 Å². The fraction of sp³-hybridized carbons (Fsp3) is 0.241. The summed E-state index contributed by atoms with van der Waals surface area (Å²) in [6.45, 7) is 18.1. The van der Waals surface area contributed by atoms with Crippen LogP contribution in [0.15, 0.2) is 109 Å². The number of nitrogens with zero attached hydrogens (tertiary/aromatic N) is 2. The van der Waals surface area contributed by atoms with E-state index in [2.05, 4.69) is 175 Å². The molecule has 2 N–H and O–H groups in total. The average molecular weight is 843 g/mol. The Bertz CT molecular complexity index is 2950. The molecule has 8 bridgehead atoms. The summed E-state index contributed by atoms with van der Waals surface area (Å²) in [5, 5.41) is 0. The van der Waals surface area contributed by atoms with E-state index in [-0.39, 0.29) is 0 Å². The van der Waals surface area contributed by atoms with Crippen molar-refractivity contribution in [1.82, 2.24) is 19.9 Å². The lowest BCUT2D eigenvalue weighted by Crippen LogP contribution is -1.93. The molecule has 6 nitrogen and oxygen atoms in total. The molecule has 0 saturated carbocycles. The van der Waals surface area contributed by atoms with Gasteiger partial charge in [0.2, 0.25) is 0 Å². The van der Waals surface area contributed by atoms with E-state index in [1.807, 2.05) is 0 Å². The van der Waals surface area contributed by atoms with Crippen LogP contribution in [-0.2, 0) is 12.8 Å². The Morgan fingerprint density at radius 3 is 1.03 bits per heavy atom. The summed E-state index contributed by atoms with van der Waals surface area (Å²) in [6, 6.07) is 38.6. The lowest BCUT2D eigenvalue weighted by Gasteiger charge is -2.11. The van der Waals surface area contributed by atoms with Crippen LogP contribution >= 0.6 is 0 Å². The van der Waals surface area contributed by atoms with Gasteiger partial charge in [-0.1, -0.05) is 113 Å². The minimum absolute atomic E-state index is 0.814. The van der Waals surface area contributed by atoms with Gasteiger partial charge in [0.1, 0.15) is 11.5 Å². The number of allylic oxidation sites excluding steroid dienone is 4. The first-order valence-corrected chi connectivity index (χ1v) is 22.8. The highest BCUT2D eigenvalue weighted by Crippen LogP contribution is 2.48. The van der Waals surface area contributed by atoms with Crippen LogP contribution in [0, 0.1) is 13.8 Å². The molecule has 322 valence electrons. The van der Waals surface area contributed by atoms with E-state index >= 15 is 0 Å². The van der Waals surface area contributed by atoms with E-state index in [9.17, 15) is 0 Å². The van der Waals surface area contributed by atoms with Gasteiger partial charge in [0.05, 0.1) is 59.1 Å². The van der Waals surface area contributed by atoms with Crippen LogP contribution in [0.2, 0.25) is 0 Å². The third kappa shape index (κ3) is 6.87. The van der Waals surface area contributed by atoms with Crippen molar-refractivity contribution in [3.05, 3.63) is 154 Å². The molecule has 0 radical (unpaired) electrons. The molecule has 0 saturated heterocycles. The first-order chi connectivity index (χ1) is 31.2. The van der Waals surface area contributed by atoms with Gasteiger partial charge < -0.3 is 19.4 Å². The monoisotopic (exact) mass is 842 g/mol. The predicted molar refractivity (Wildman–Crippen MR) is 270 cm³/mol. The van der Waals surface area contributed by atoms with E-state index < -0.39 is 0 Å². The number of fused-ring (bicyclic) bond motifs is 8. The Hall–Kier alpha value is -6.92. The van der Waals surface area contributed by atoms with Crippen molar-refractivity contribution in [2.24, 2.45) is 0 Å². The van der Waals surface area contributed by atoms with Gasteiger partial charge in [-0.25, -0.2) is 9.97 Å². The second-order valence-electron chi connectivity index (χ2n) is 16.9. The number of nitrogens with one attached hydrogen (secondary N) is 2. The Labute approximate surface area is 377 Å². The lowest BCUT2D eigenvalue weighted by atomic mass is 9.92. The van der Waals surface area contributed by atoms with Gasteiger partial charge in [0.25, 0.3) is 0 Å². The van der Waals surface area contributed by atoms with Gasteiger partial charge in [-0.15, -0.1) is 0 Å². The van der Waals surface area contributed by atoms with Gasteiger partial charge >= 0.3 is 0 Å². The number of methoxy groups -OCH3 is 2. The highest BCUT2D eigenvalue weighted by Gasteiger charge is 2.30. The van der Waals surface area contributed by atoms with Crippen molar-refractivity contribution < 1.29 is 9.47 Å². The number of H-pyrrole nitrogens is 2. The smallest absolute Gasteiger partial charge is 0.118 e. The van der Waals surface area contributed by atoms with Gasteiger partial charge in [-0.3, -0.25) is 0 Å². The zero-order chi connectivity index (χ0) is 44.8. The van der Waals surface area contributed by atoms with E-state index in [0.29, 0.717) is 0 Å². The molecule has 0 amide bonds. The second kappa shape index (κ2) is 17.3. The zero-order valence-electron chi connectivity index (χ0n) is 38.9. The second-order valence-corrected chi connectivity index (χ2v) is 16.9. The fourth-order valence-corrected chi connectivity index (χ4v) is 10.3. The largest absolute Gasteiger partial charge is 0.497 e. The first-order valence-electron chi connectivity index (χ1n) is 22.8. The molecule has 7 aromatic rings. The summed E-state index contributed by atoms with van der Waals surface area (Å²) >= 11 is 0. The molecule has 0 aliphatic carbocycles. The van der Waals surface area contributed by atoms with Crippen LogP contribution in [0.3, 0.4) is 0 Å². The lowest BCUT2D eigenvalue weighted by molar-refractivity contribution is 0.415. The number of ether oxygens (including phenoxy) is 2. The molecule has 9 rings (SSSR count). The molecule has 4 aromatic carbocycles. The predicted octanol–water partition coefficient (Wildman–Crippen LogP) is 15.4. The van der Waals surface area contributed by atoms with Gasteiger partial charge in [-0.05, 0) is 144 Å². The topological polar surface area (TPSA) is 75.8 Å². The van der Waals surface area contributed by atoms with Crippen LogP contribution in [0.25, 0.3) is 88.9 Å². The molecule has 6 heteroatoms. The maximum atomic E-state index is 5.88. The van der Waals surface area contributed by atoms with Crippen LogP contribution < -0.4 is 9.47 Å². The summed E-state index contributed by atoms with van der Waals surface area (Å²) in [7, 11) is 3.45. The first kappa shape index (κ1) is 42.4. The quantitative estimate of drug-likeness (QED) is 0.144. The SMILES string of the molecule is CCC1=C(C)c2nc1c(-c1ccc(OC)cc1)c1[nH]c(c(C)c1CC)c(-c1ccccc1)c1nc(c(-c3ccc(OC)cc3)c3[nH]c(c(C)c3CC)c2-c2ccccc2)C(CC)=C1C. The average Bonchev–Trinajstić information content (AvgIpc) is 4.04. The molecular formula is C58H58N4O2. The Balaban J connectivity index is 1.64. The van der Waals surface area contributed by atoms with E-state index in [1.54, 1.807) is 14.2 Å². The summed E-state index contributed by atoms with van der Waals surface area (Å²) in [5.41, 5.74) is 26.8. The van der Waals surface area contributed by atoms with E-state index in [0.717, 1.165) is 127 Å². The molecule has 0 atom stereocenters. The minimum Gasteiger partial charge on any atom is -0.497 e. The summed E-state index contributed by atoms with van der Waals surface area (Å²) in [4.78, 5) is 20.1. The molecule has 2 aliphatic rings.